The highest BCUT2D eigenvalue weighted by atomic mass is 31.2. The van der Waals surface area contributed by atoms with E-state index in [2.05, 4.69) is 5.32 Å². The smallest absolute Gasteiger partial charge is 0.335 e. The van der Waals surface area contributed by atoms with Crippen LogP contribution < -0.4 is 5.32 Å². The first kappa shape index (κ1) is 21.0. The molecule has 1 saturated carbocycles. The molecule has 0 unspecified atom stereocenters. The molecule has 1 aliphatic carbocycles. The summed E-state index contributed by atoms with van der Waals surface area (Å²) in [6.45, 7) is 1.88. The van der Waals surface area contributed by atoms with E-state index >= 15 is 0 Å². The maximum Gasteiger partial charge on any atom is 0.335 e. The molecule has 0 radical (unpaired) electrons. The SMILES string of the molecule is C[C@@H](NCC(=O)C[P+](O)(O)CC1CCCCC1)c1cccc(C(=O)O)c1. The Hall–Kier alpha value is -1.33. The Balaban J connectivity index is 1.81. The van der Waals surface area contributed by atoms with Gasteiger partial charge in [0.1, 0.15) is 6.16 Å². The van der Waals surface area contributed by atoms with Crippen molar-refractivity contribution in [3.8, 4) is 0 Å². The van der Waals surface area contributed by atoms with E-state index in [0.717, 1.165) is 31.2 Å². The van der Waals surface area contributed by atoms with E-state index in [9.17, 15) is 19.4 Å². The van der Waals surface area contributed by atoms with Crippen LogP contribution in [0.5, 0.6) is 0 Å². The highest BCUT2D eigenvalue weighted by molar-refractivity contribution is 7.65. The summed E-state index contributed by atoms with van der Waals surface area (Å²) in [7, 11) is -3.19. The lowest BCUT2D eigenvalue weighted by Gasteiger charge is -2.23. The van der Waals surface area contributed by atoms with Gasteiger partial charge in [0, 0.05) is 6.04 Å². The average molecular weight is 382 g/mol. The van der Waals surface area contributed by atoms with Crippen LogP contribution in [-0.4, -0.2) is 45.5 Å². The van der Waals surface area contributed by atoms with Gasteiger partial charge in [-0.25, -0.2) is 14.6 Å². The molecule has 0 aromatic heterocycles. The van der Waals surface area contributed by atoms with E-state index in [-0.39, 0.29) is 30.1 Å². The number of carboxylic acid groups (broad SMARTS) is 1. The van der Waals surface area contributed by atoms with E-state index in [1.165, 1.54) is 12.5 Å². The van der Waals surface area contributed by atoms with Crippen molar-refractivity contribution in [3.63, 3.8) is 0 Å². The van der Waals surface area contributed by atoms with Gasteiger partial charge in [0.15, 0.2) is 11.9 Å². The van der Waals surface area contributed by atoms with Crippen molar-refractivity contribution < 1.29 is 24.5 Å². The van der Waals surface area contributed by atoms with E-state index in [1.807, 2.05) is 6.92 Å². The molecule has 0 amide bonds. The van der Waals surface area contributed by atoms with Crippen LogP contribution in [-0.2, 0) is 4.79 Å². The van der Waals surface area contributed by atoms with Gasteiger partial charge >= 0.3 is 5.97 Å². The third kappa shape index (κ3) is 6.76. The standard InChI is InChI=1S/C19H28NO5P/c1-14(16-8-5-9-17(10-16)19(22)23)20-11-18(21)13-26(24,25)12-15-6-3-2-4-7-15/h5,8-10,14-15,20,24-25H,2-4,6-7,11-13H2,1H3/p+1/t14-/m1/s1. The van der Waals surface area contributed by atoms with Crippen molar-refractivity contribution in [3.05, 3.63) is 35.4 Å². The van der Waals surface area contributed by atoms with Gasteiger partial charge in [-0.05, 0) is 43.4 Å². The number of benzene rings is 1. The Bertz CT molecular complexity index is 628. The first-order valence-corrected chi connectivity index (χ1v) is 11.2. The Labute approximate surface area is 155 Å². The summed E-state index contributed by atoms with van der Waals surface area (Å²) in [6, 6.07) is 6.35. The summed E-state index contributed by atoms with van der Waals surface area (Å²) < 4.78 is 0. The number of carboxylic acids is 1. The normalized spacial score (nSPS) is 17.0. The van der Waals surface area contributed by atoms with Crippen LogP contribution in [0.1, 0.15) is 61.0 Å². The topological polar surface area (TPSA) is 107 Å². The summed E-state index contributed by atoms with van der Waals surface area (Å²) in [6.07, 6.45) is 5.69. The molecule has 1 aliphatic rings. The van der Waals surface area contributed by atoms with Gasteiger partial charge in [-0.3, -0.25) is 4.79 Å². The quantitative estimate of drug-likeness (QED) is 0.489. The molecule has 2 rings (SSSR count). The number of nitrogens with one attached hydrogen (secondary N) is 1. The zero-order valence-corrected chi connectivity index (χ0v) is 16.1. The van der Waals surface area contributed by atoms with Crippen molar-refractivity contribution in [2.24, 2.45) is 5.92 Å². The third-order valence-electron chi connectivity index (χ3n) is 4.94. The summed E-state index contributed by atoms with van der Waals surface area (Å²) >= 11 is 0. The van der Waals surface area contributed by atoms with Crippen LogP contribution >= 0.6 is 7.72 Å². The lowest BCUT2D eigenvalue weighted by molar-refractivity contribution is -0.116. The highest BCUT2D eigenvalue weighted by Crippen LogP contribution is 2.53. The molecule has 1 fully saturated rings. The number of aromatic carboxylic acids is 1. The zero-order valence-electron chi connectivity index (χ0n) is 15.2. The number of hydrogen-bond donors (Lipinski definition) is 4. The van der Waals surface area contributed by atoms with Gasteiger partial charge in [-0.1, -0.05) is 31.4 Å². The summed E-state index contributed by atoms with van der Waals surface area (Å²) in [5.74, 6) is -0.890. The van der Waals surface area contributed by atoms with Crippen LogP contribution in [0.3, 0.4) is 0 Å². The number of carbonyl (C=O) groups excluding carboxylic acids is 1. The van der Waals surface area contributed by atoms with Gasteiger partial charge in [0.25, 0.3) is 7.72 Å². The van der Waals surface area contributed by atoms with E-state index in [4.69, 9.17) is 5.11 Å². The van der Waals surface area contributed by atoms with Gasteiger partial charge in [0.05, 0.1) is 12.1 Å². The number of ketones is 1. The number of hydrogen-bond acceptors (Lipinski definition) is 5. The van der Waals surface area contributed by atoms with E-state index < -0.39 is 13.7 Å². The molecule has 1 aromatic carbocycles. The van der Waals surface area contributed by atoms with Crippen LogP contribution in [0.2, 0.25) is 0 Å². The Morgan fingerprint density at radius 1 is 1.23 bits per heavy atom. The first-order valence-electron chi connectivity index (χ1n) is 9.18. The monoisotopic (exact) mass is 382 g/mol. The van der Waals surface area contributed by atoms with Crippen LogP contribution in [0.15, 0.2) is 24.3 Å². The predicted molar refractivity (Wildman–Crippen MR) is 102 cm³/mol. The molecule has 26 heavy (non-hydrogen) atoms. The van der Waals surface area contributed by atoms with Gasteiger partial charge in [-0.2, -0.15) is 0 Å². The molecule has 7 heteroatoms. The van der Waals surface area contributed by atoms with Crippen molar-refractivity contribution in [1.82, 2.24) is 5.32 Å². The van der Waals surface area contributed by atoms with Gasteiger partial charge in [-0.15, -0.1) is 0 Å². The lowest BCUT2D eigenvalue weighted by Crippen LogP contribution is -2.29. The summed E-state index contributed by atoms with van der Waals surface area (Å²) in [5.41, 5.74) is 0.972. The van der Waals surface area contributed by atoms with Crippen molar-refractivity contribution in [2.45, 2.75) is 45.1 Å². The third-order valence-corrected chi connectivity index (χ3v) is 6.90. The van der Waals surface area contributed by atoms with Crippen LogP contribution in [0.4, 0.5) is 0 Å². The number of Topliss-reactive ketones (excluding diaryl/α,β-unsaturated/α-hetero) is 1. The fourth-order valence-electron chi connectivity index (χ4n) is 3.51. The minimum Gasteiger partial charge on any atom is -0.478 e. The molecule has 1 atom stereocenters. The Kier molecular flexibility index (Phi) is 7.71. The Morgan fingerprint density at radius 2 is 1.92 bits per heavy atom. The molecular formula is C19H29NO5P+. The van der Waals surface area contributed by atoms with Gasteiger partial charge in [0.2, 0.25) is 0 Å². The molecule has 0 bridgehead atoms. The molecule has 0 saturated heterocycles. The average Bonchev–Trinajstić information content (AvgIpc) is 2.59. The number of rotatable bonds is 9. The largest absolute Gasteiger partial charge is 0.478 e. The van der Waals surface area contributed by atoms with Crippen LogP contribution in [0.25, 0.3) is 0 Å². The second kappa shape index (κ2) is 9.56. The van der Waals surface area contributed by atoms with E-state index in [1.54, 1.807) is 18.2 Å². The minimum absolute atomic E-state index is 0.0337. The maximum absolute atomic E-state index is 12.2. The summed E-state index contributed by atoms with van der Waals surface area (Å²) in [5, 5.41) is 12.1. The molecule has 4 N–H and O–H groups in total. The molecule has 144 valence electrons. The van der Waals surface area contributed by atoms with Crippen LogP contribution in [0, 0.1) is 5.92 Å². The second-order valence-electron chi connectivity index (χ2n) is 7.30. The van der Waals surface area contributed by atoms with Crippen molar-refractivity contribution in [2.75, 3.05) is 18.9 Å². The lowest BCUT2D eigenvalue weighted by atomic mass is 9.91. The predicted octanol–water partition coefficient (Wildman–Crippen LogP) is 3.02. The minimum atomic E-state index is -3.19. The molecule has 6 nitrogen and oxygen atoms in total. The molecule has 1 aromatic rings. The summed E-state index contributed by atoms with van der Waals surface area (Å²) in [4.78, 5) is 43.7. The molecule has 0 heterocycles. The maximum atomic E-state index is 12.2. The molecule has 0 aliphatic heterocycles. The fourth-order valence-corrected chi connectivity index (χ4v) is 5.51. The number of carbonyl (C=O) groups is 2. The zero-order chi connectivity index (χ0) is 19.2. The second-order valence-corrected chi connectivity index (χ2v) is 9.73. The van der Waals surface area contributed by atoms with Crippen molar-refractivity contribution >= 4 is 19.5 Å². The van der Waals surface area contributed by atoms with Gasteiger partial charge < -0.3 is 10.4 Å². The molecular weight excluding hydrogens is 353 g/mol. The first-order chi connectivity index (χ1) is 12.3. The van der Waals surface area contributed by atoms with E-state index in [0.29, 0.717) is 12.1 Å². The highest BCUT2D eigenvalue weighted by Gasteiger charge is 2.39. The van der Waals surface area contributed by atoms with Crippen molar-refractivity contribution in [1.29, 1.82) is 0 Å². The fraction of sp³-hybridized carbons (Fsp3) is 0.579. The Morgan fingerprint density at radius 3 is 2.58 bits per heavy atom. The molecule has 0 spiro atoms.